The fourth-order valence-electron chi connectivity index (χ4n) is 1.75. The van der Waals surface area contributed by atoms with E-state index >= 15 is 0 Å². The molecule has 2 rings (SSSR count). The van der Waals surface area contributed by atoms with Crippen molar-refractivity contribution in [3.8, 4) is 0 Å². The average Bonchev–Trinajstić information content (AvgIpc) is 2.30. The first-order valence-electron chi connectivity index (χ1n) is 5.81. The predicted molar refractivity (Wildman–Crippen MR) is 72.3 cm³/mol. The molecule has 86 valence electrons. The van der Waals surface area contributed by atoms with Crippen LogP contribution in [0.3, 0.4) is 0 Å². The molecule has 0 aromatic heterocycles. The quantitative estimate of drug-likeness (QED) is 0.869. The summed E-state index contributed by atoms with van der Waals surface area (Å²) in [6, 6.07) is 8.69. The van der Waals surface area contributed by atoms with Gasteiger partial charge in [0.2, 0.25) is 0 Å². The van der Waals surface area contributed by atoms with Crippen LogP contribution < -0.4 is 5.32 Å². The maximum atomic E-state index is 4.45. The summed E-state index contributed by atoms with van der Waals surface area (Å²) in [5.74, 6) is 1.20. The summed E-state index contributed by atoms with van der Waals surface area (Å²) in [7, 11) is 0. The molecule has 0 fully saturated rings. The highest BCUT2D eigenvalue weighted by molar-refractivity contribution is 8.13. The Morgan fingerprint density at radius 2 is 2.38 bits per heavy atom. The predicted octanol–water partition coefficient (Wildman–Crippen LogP) is 2.62. The van der Waals surface area contributed by atoms with Crippen LogP contribution in [0.2, 0.25) is 0 Å². The third-order valence-corrected chi connectivity index (χ3v) is 3.61. The van der Waals surface area contributed by atoms with Crippen molar-refractivity contribution in [2.24, 2.45) is 4.99 Å². The van der Waals surface area contributed by atoms with E-state index in [1.165, 1.54) is 23.3 Å². The zero-order chi connectivity index (χ0) is 11.2. The molecule has 16 heavy (non-hydrogen) atoms. The molecular formula is C13H18N2S. The fourth-order valence-corrected chi connectivity index (χ4v) is 2.60. The average molecular weight is 234 g/mol. The third-order valence-electron chi connectivity index (χ3n) is 2.57. The van der Waals surface area contributed by atoms with Gasteiger partial charge in [-0.25, -0.2) is 0 Å². The van der Waals surface area contributed by atoms with Crippen LogP contribution in [0, 0.1) is 6.92 Å². The van der Waals surface area contributed by atoms with Crippen molar-refractivity contribution in [1.29, 1.82) is 0 Å². The van der Waals surface area contributed by atoms with Gasteiger partial charge in [-0.05, 0) is 25.3 Å². The lowest BCUT2D eigenvalue weighted by atomic mass is 10.1. The second-order valence-electron chi connectivity index (χ2n) is 4.05. The van der Waals surface area contributed by atoms with E-state index in [9.17, 15) is 0 Å². The van der Waals surface area contributed by atoms with Gasteiger partial charge in [0, 0.05) is 18.8 Å². The molecule has 0 bridgehead atoms. The van der Waals surface area contributed by atoms with E-state index in [-0.39, 0.29) is 0 Å². The molecule has 3 heteroatoms. The molecule has 0 atom stereocenters. The Bertz CT molecular complexity index is 374. The minimum Gasteiger partial charge on any atom is -0.365 e. The van der Waals surface area contributed by atoms with Gasteiger partial charge in [0.15, 0.2) is 5.17 Å². The van der Waals surface area contributed by atoms with Crippen molar-refractivity contribution in [2.45, 2.75) is 19.8 Å². The maximum absolute atomic E-state index is 4.45. The smallest absolute Gasteiger partial charge is 0.156 e. The lowest BCUT2D eigenvalue weighted by molar-refractivity contribution is 0.852. The van der Waals surface area contributed by atoms with Crippen molar-refractivity contribution >= 4 is 16.9 Å². The highest BCUT2D eigenvalue weighted by atomic mass is 32.2. The molecule has 1 aliphatic rings. The van der Waals surface area contributed by atoms with Crippen molar-refractivity contribution < 1.29 is 0 Å². The van der Waals surface area contributed by atoms with Gasteiger partial charge in [0.1, 0.15) is 0 Å². The molecule has 1 aromatic carbocycles. The number of thioether (sulfide) groups is 1. The molecule has 0 amide bonds. The summed E-state index contributed by atoms with van der Waals surface area (Å²) in [5.41, 5.74) is 2.73. The van der Waals surface area contributed by atoms with Crippen LogP contribution in [0.25, 0.3) is 0 Å². The summed E-state index contributed by atoms with van der Waals surface area (Å²) in [6.07, 6.45) is 2.29. The number of aryl methyl sites for hydroxylation is 1. The number of rotatable bonds is 3. The van der Waals surface area contributed by atoms with E-state index in [0.717, 1.165) is 24.7 Å². The SMILES string of the molecule is Cc1cccc(CCNC2=NCCCS2)c1. The lowest BCUT2D eigenvalue weighted by Crippen LogP contribution is -2.25. The molecule has 0 spiro atoms. The highest BCUT2D eigenvalue weighted by Gasteiger charge is 2.04. The topological polar surface area (TPSA) is 24.4 Å². The minimum atomic E-state index is 0.981. The van der Waals surface area contributed by atoms with Crippen molar-refractivity contribution in [3.63, 3.8) is 0 Å². The Morgan fingerprint density at radius 3 is 3.12 bits per heavy atom. The van der Waals surface area contributed by atoms with Gasteiger partial charge < -0.3 is 5.32 Å². The van der Waals surface area contributed by atoms with Crippen LogP contribution in [-0.2, 0) is 6.42 Å². The van der Waals surface area contributed by atoms with Crippen LogP contribution in [0.15, 0.2) is 29.3 Å². The number of nitrogens with one attached hydrogen (secondary N) is 1. The van der Waals surface area contributed by atoms with Gasteiger partial charge in [-0.1, -0.05) is 41.6 Å². The molecule has 0 aliphatic carbocycles. The van der Waals surface area contributed by atoms with Gasteiger partial charge in [-0.2, -0.15) is 0 Å². The fraction of sp³-hybridized carbons (Fsp3) is 0.462. The number of aliphatic imine (C=N–C) groups is 1. The normalized spacial score (nSPS) is 15.7. The maximum Gasteiger partial charge on any atom is 0.156 e. The molecule has 0 radical (unpaired) electrons. The summed E-state index contributed by atoms with van der Waals surface area (Å²) >= 11 is 1.84. The molecule has 0 unspecified atom stereocenters. The molecule has 1 N–H and O–H groups in total. The molecule has 2 nitrogen and oxygen atoms in total. The highest BCUT2D eigenvalue weighted by Crippen LogP contribution is 2.10. The van der Waals surface area contributed by atoms with Crippen molar-refractivity contribution in [3.05, 3.63) is 35.4 Å². The third kappa shape index (κ3) is 3.56. The van der Waals surface area contributed by atoms with Crippen LogP contribution in [0.5, 0.6) is 0 Å². The van der Waals surface area contributed by atoms with Gasteiger partial charge in [0.25, 0.3) is 0 Å². The first kappa shape index (κ1) is 11.5. The number of nitrogens with zero attached hydrogens (tertiary/aromatic N) is 1. The molecule has 0 saturated heterocycles. The Balaban J connectivity index is 1.77. The van der Waals surface area contributed by atoms with E-state index in [4.69, 9.17) is 0 Å². The van der Waals surface area contributed by atoms with Crippen LogP contribution in [0.4, 0.5) is 0 Å². The van der Waals surface area contributed by atoms with E-state index in [0.29, 0.717) is 0 Å². The molecule has 0 saturated carbocycles. The van der Waals surface area contributed by atoms with Crippen LogP contribution in [0.1, 0.15) is 17.5 Å². The largest absolute Gasteiger partial charge is 0.365 e. The monoisotopic (exact) mass is 234 g/mol. The number of hydrogen-bond donors (Lipinski definition) is 1. The Hall–Kier alpha value is -0.960. The van der Waals surface area contributed by atoms with Gasteiger partial charge in [-0.15, -0.1) is 0 Å². The Kier molecular flexibility index (Phi) is 4.28. The number of hydrogen-bond acceptors (Lipinski definition) is 3. The summed E-state index contributed by atoms with van der Waals surface area (Å²) in [5, 5.41) is 4.53. The first-order chi connectivity index (χ1) is 7.84. The molecule has 1 aliphatic heterocycles. The Morgan fingerprint density at radius 1 is 1.44 bits per heavy atom. The van der Waals surface area contributed by atoms with Gasteiger partial charge >= 0.3 is 0 Å². The summed E-state index contributed by atoms with van der Waals surface area (Å²) < 4.78 is 0. The van der Waals surface area contributed by atoms with Crippen molar-refractivity contribution in [1.82, 2.24) is 5.32 Å². The van der Waals surface area contributed by atoms with E-state index in [2.05, 4.69) is 41.5 Å². The summed E-state index contributed by atoms with van der Waals surface area (Å²) in [4.78, 5) is 4.45. The first-order valence-corrected chi connectivity index (χ1v) is 6.80. The number of benzene rings is 1. The molecule has 1 heterocycles. The van der Waals surface area contributed by atoms with Crippen LogP contribution in [-0.4, -0.2) is 24.0 Å². The van der Waals surface area contributed by atoms with E-state index in [1.807, 2.05) is 11.8 Å². The lowest BCUT2D eigenvalue weighted by Gasteiger charge is -2.13. The Labute approximate surface area is 102 Å². The minimum absolute atomic E-state index is 0.981. The second-order valence-corrected chi connectivity index (χ2v) is 5.14. The standard InChI is InChI=1S/C13H18N2S/c1-11-4-2-5-12(10-11)6-8-15-13-14-7-3-9-16-13/h2,4-5,10H,3,6-9H2,1H3,(H,14,15). The molecular weight excluding hydrogens is 216 g/mol. The van der Waals surface area contributed by atoms with Crippen molar-refractivity contribution in [2.75, 3.05) is 18.8 Å². The van der Waals surface area contributed by atoms with Gasteiger partial charge in [-0.3, -0.25) is 4.99 Å². The zero-order valence-corrected chi connectivity index (χ0v) is 10.5. The summed E-state index contributed by atoms with van der Waals surface area (Å²) in [6.45, 7) is 4.10. The number of amidine groups is 1. The van der Waals surface area contributed by atoms with E-state index < -0.39 is 0 Å². The molecule has 1 aromatic rings. The van der Waals surface area contributed by atoms with E-state index in [1.54, 1.807) is 0 Å². The van der Waals surface area contributed by atoms with Crippen LogP contribution >= 0.6 is 11.8 Å². The zero-order valence-electron chi connectivity index (χ0n) is 9.70. The second kappa shape index (κ2) is 5.94. The van der Waals surface area contributed by atoms with Gasteiger partial charge in [0.05, 0.1) is 0 Å².